The number of anilines is 2. The van der Waals surface area contributed by atoms with Crippen LogP contribution in [0.4, 0.5) is 10.8 Å². The second-order valence-corrected chi connectivity index (χ2v) is 7.34. The van der Waals surface area contributed by atoms with Crippen molar-refractivity contribution in [2.24, 2.45) is 10.9 Å². The third kappa shape index (κ3) is 4.98. The Labute approximate surface area is 166 Å². The topological polar surface area (TPSA) is 101 Å². The van der Waals surface area contributed by atoms with Gasteiger partial charge in [-0.25, -0.2) is 9.98 Å². The van der Waals surface area contributed by atoms with Crippen molar-refractivity contribution in [2.75, 3.05) is 10.6 Å². The molecule has 1 aliphatic rings. The smallest absolute Gasteiger partial charge is 0.262 e. The number of hydrogen-bond acceptors (Lipinski definition) is 5. The van der Waals surface area contributed by atoms with Crippen LogP contribution in [-0.2, 0) is 20.8 Å². The van der Waals surface area contributed by atoms with Crippen LogP contribution in [0.1, 0.15) is 23.2 Å². The van der Waals surface area contributed by atoms with E-state index in [1.54, 1.807) is 11.5 Å². The Morgan fingerprint density at radius 2 is 2.04 bits per heavy atom. The van der Waals surface area contributed by atoms with Gasteiger partial charge in [0.1, 0.15) is 5.92 Å². The summed E-state index contributed by atoms with van der Waals surface area (Å²) in [6, 6.07) is 5.91. The zero-order valence-corrected chi connectivity index (χ0v) is 16.4. The van der Waals surface area contributed by atoms with Gasteiger partial charge in [0.25, 0.3) is 5.91 Å². The molecule has 0 saturated carbocycles. The molecule has 2 N–H and O–H groups in total. The van der Waals surface area contributed by atoms with E-state index >= 15 is 0 Å². The molecule has 0 radical (unpaired) electrons. The Kier molecular flexibility index (Phi) is 6.10. The lowest BCUT2D eigenvalue weighted by Gasteiger charge is -2.09. The molecule has 0 bridgehead atoms. The summed E-state index contributed by atoms with van der Waals surface area (Å²) in [5.41, 5.74) is 3.61. The fourth-order valence-electron chi connectivity index (χ4n) is 2.63. The van der Waals surface area contributed by atoms with E-state index in [0.29, 0.717) is 17.2 Å². The number of aromatic nitrogens is 1. The highest BCUT2D eigenvalue weighted by molar-refractivity contribution is 7.13. The maximum absolute atomic E-state index is 12.2. The first kappa shape index (κ1) is 19.6. The second kappa shape index (κ2) is 8.71. The molecule has 0 spiro atoms. The Balaban J connectivity index is 1.52. The normalized spacial score (nSPS) is 15.5. The Morgan fingerprint density at radius 3 is 2.82 bits per heavy atom. The van der Waals surface area contributed by atoms with Gasteiger partial charge in [0.05, 0.1) is 5.69 Å². The summed E-state index contributed by atoms with van der Waals surface area (Å²) >= 11 is 1.25. The largest absolute Gasteiger partial charge is 0.326 e. The molecule has 8 heteroatoms. The van der Waals surface area contributed by atoms with Crippen LogP contribution in [0.25, 0.3) is 0 Å². The summed E-state index contributed by atoms with van der Waals surface area (Å²) in [7, 11) is 0. The number of thiazole rings is 1. The molecule has 1 unspecified atom stereocenters. The number of hydrogen-bond donors (Lipinski definition) is 2. The summed E-state index contributed by atoms with van der Waals surface area (Å²) in [4.78, 5) is 43.9. The number of aryl methyl sites for hydroxylation is 3. The van der Waals surface area contributed by atoms with Crippen molar-refractivity contribution in [2.45, 2.75) is 26.7 Å². The number of benzene rings is 1. The number of nitrogens with one attached hydrogen (secondary N) is 2. The van der Waals surface area contributed by atoms with Crippen molar-refractivity contribution >= 4 is 46.1 Å². The molecule has 7 nitrogen and oxygen atoms in total. The van der Waals surface area contributed by atoms with Crippen LogP contribution in [0.3, 0.4) is 0 Å². The van der Waals surface area contributed by atoms with Gasteiger partial charge in [-0.2, -0.15) is 0 Å². The fourth-order valence-corrected chi connectivity index (χ4v) is 3.37. The first-order valence-electron chi connectivity index (χ1n) is 8.79. The molecule has 0 fully saturated rings. The maximum Gasteiger partial charge on any atom is 0.262 e. The van der Waals surface area contributed by atoms with Crippen LogP contribution in [0.15, 0.2) is 40.7 Å². The highest BCUT2D eigenvalue weighted by Gasteiger charge is 2.25. The molecule has 1 aromatic carbocycles. The summed E-state index contributed by atoms with van der Waals surface area (Å²) in [6.45, 7) is 3.92. The first-order valence-corrected chi connectivity index (χ1v) is 9.67. The Hall–Kier alpha value is -3.13. The highest BCUT2D eigenvalue weighted by Crippen LogP contribution is 2.20. The summed E-state index contributed by atoms with van der Waals surface area (Å²) in [5, 5.41) is 7.73. The number of amides is 3. The minimum absolute atomic E-state index is 0.0944. The highest BCUT2D eigenvalue weighted by atomic mass is 32.1. The number of allylic oxidation sites excluding steroid dienone is 1. The molecule has 2 aromatic rings. The molecular formula is C20H20N4O3S. The minimum Gasteiger partial charge on any atom is -0.326 e. The van der Waals surface area contributed by atoms with Gasteiger partial charge >= 0.3 is 0 Å². The van der Waals surface area contributed by atoms with Gasteiger partial charge in [-0.1, -0.05) is 18.2 Å². The lowest BCUT2D eigenvalue weighted by molar-refractivity contribution is -0.128. The van der Waals surface area contributed by atoms with E-state index in [9.17, 15) is 14.4 Å². The first-order chi connectivity index (χ1) is 13.4. The van der Waals surface area contributed by atoms with Gasteiger partial charge in [0, 0.05) is 23.7 Å². The van der Waals surface area contributed by atoms with Crippen LogP contribution < -0.4 is 10.6 Å². The predicted molar refractivity (Wildman–Crippen MR) is 110 cm³/mol. The average molecular weight is 396 g/mol. The molecule has 144 valence electrons. The lowest BCUT2D eigenvalue weighted by Crippen LogP contribution is -2.28. The van der Waals surface area contributed by atoms with Crippen molar-refractivity contribution in [3.63, 3.8) is 0 Å². The molecule has 2 heterocycles. The number of nitrogens with zero attached hydrogens (tertiary/aromatic N) is 2. The van der Waals surface area contributed by atoms with E-state index < -0.39 is 17.7 Å². The van der Waals surface area contributed by atoms with Crippen LogP contribution in [0.2, 0.25) is 0 Å². The van der Waals surface area contributed by atoms with Crippen LogP contribution >= 0.6 is 11.3 Å². The minimum atomic E-state index is -0.930. The van der Waals surface area contributed by atoms with E-state index in [2.05, 4.69) is 20.6 Å². The van der Waals surface area contributed by atoms with Crippen LogP contribution in [-0.4, -0.2) is 28.9 Å². The third-order valence-corrected chi connectivity index (χ3v) is 5.00. The second-order valence-electron chi connectivity index (χ2n) is 6.48. The fraction of sp³-hybridized carbons (Fsp3) is 0.250. The number of rotatable bonds is 6. The zero-order valence-electron chi connectivity index (χ0n) is 15.6. The van der Waals surface area contributed by atoms with E-state index in [1.807, 2.05) is 32.0 Å². The molecule has 1 atom stereocenters. The van der Waals surface area contributed by atoms with Crippen molar-refractivity contribution in [1.82, 2.24) is 4.98 Å². The number of carbonyl (C=O) groups excluding carboxylic acids is 3. The molecular weight excluding hydrogens is 376 g/mol. The van der Waals surface area contributed by atoms with Crippen molar-refractivity contribution < 1.29 is 14.4 Å². The van der Waals surface area contributed by atoms with E-state index in [0.717, 1.165) is 16.8 Å². The van der Waals surface area contributed by atoms with E-state index in [-0.39, 0.29) is 12.3 Å². The Morgan fingerprint density at radius 1 is 1.21 bits per heavy atom. The standard InChI is InChI=1S/C20H20N4O3S/c1-12-5-6-13(2)16(10-12)23-17(25)8-7-14-11-28-20(22-14)24-19(27)15-4-3-9-21-18(15)26/h3-6,9-11,15H,7-8H2,1-2H3,(H,23,25)(H,22,24,27). The summed E-state index contributed by atoms with van der Waals surface area (Å²) in [6.07, 6.45) is 5.15. The van der Waals surface area contributed by atoms with Crippen molar-refractivity contribution in [1.29, 1.82) is 0 Å². The maximum atomic E-state index is 12.2. The SMILES string of the molecule is Cc1ccc(C)c(NC(=O)CCc2csc(NC(=O)C3C=CC=NC3=O)n2)c1. The quantitative estimate of drug-likeness (QED) is 0.733. The molecule has 3 rings (SSSR count). The lowest BCUT2D eigenvalue weighted by atomic mass is 10.1. The van der Waals surface area contributed by atoms with Crippen molar-refractivity contribution in [3.05, 3.63) is 52.6 Å². The molecule has 3 amide bonds. The molecule has 1 aromatic heterocycles. The van der Waals surface area contributed by atoms with Crippen molar-refractivity contribution in [3.8, 4) is 0 Å². The number of aliphatic imine (C=N–C) groups is 1. The third-order valence-electron chi connectivity index (χ3n) is 4.20. The van der Waals surface area contributed by atoms with Gasteiger partial charge in [0.2, 0.25) is 11.8 Å². The summed E-state index contributed by atoms with van der Waals surface area (Å²) < 4.78 is 0. The molecule has 0 aliphatic carbocycles. The summed E-state index contributed by atoms with van der Waals surface area (Å²) in [5.74, 6) is -1.99. The van der Waals surface area contributed by atoms with Crippen LogP contribution in [0, 0.1) is 19.8 Å². The van der Waals surface area contributed by atoms with E-state index in [4.69, 9.17) is 0 Å². The van der Waals surface area contributed by atoms with Gasteiger partial charge in [0.15, 0.2) is 5.13 Å². The van der Waals surface area contributed by atoms with E-state index in [1.165, 1.54) is 23.6 Å². The van der Waals surface area contributed by atoms with Gasteiger partial charge in [-0.05, 0) is 43.5 Å². The predicted octanol–water partition coefficient (Wildman–Crippen LogP) is 3.05. The van der Waals surface area contributed by atoms with Gasteiger partial charge in [-0.15, -0.1) is 11.3 Å². The van der Waals surface area contributed by atoms with Gasteiger partial charge < -0.3 is 10.6 Å². The number of carbonyl (C=O) groups is 3. The Bertz CT molecular complexity index is 978. The number of dihydropyridines is 1. The molecule has 28 heavy (non-hydrogen) atoms. The monoisotopic (exact) mass is 396 g/mol. The molecule has 1 aliphatic heterocycles. The molecule has 0 saturated heterocycles. The zero-order chi connectivity index (χ0) is 20.1. The van der Waals surface area contributed by atoms with Crippen LogP contribution in [0.5, 0.6) is 0 Å². The average Bonchev–Trinajstić information content (AvgIpc) is 3.10. The van der Waals surface area contributed by atoms with Gasteiger partial charge in [-0.3, -0.25) is 14.4 Å².